The number of benzene rings is 1. The highest BCUT2D eigenvalue weighted by Crippen LogP contribution is 2.36. The van der Waals surface area contributed by atoms with Crippen LogP contribution < -0.4 is 10.6 Å². The highest BCUT2D eigenvalue weighted by molar-refractivity contribution is 5.77. The zero-order chi connectivity index (χ0) is 16.4. The molecule has 2 atom stereocenters. The van der Waals surface area contributed by atoms with E-state index >= 15 is 0 Å². The van der Waals surface area contributed by atoms with Crippen LogP contribution in [-0.4, -0.2) is 28.0 Å². The van der Waals surface area contributed by atoms with E-state index in [-0.39, 0.29) is 18.0 Å². The van der Waals surface area contributed by atoms with Crippen LogP contribution in [-0.2, 0) is 11.2 Å². The van der Waals surface area contributed by atoms with Gasteiger partial charge in [-0.2, -0.15) is 0 Å². The topological polar surface area (TPSA) is 66.9 Å². The minimum atomic E-state index is 0.178. The zero-order valence-corrected chi connectivity index (χ0v) is 13.6. The lowest BCUT2D eigenvalue weighted by molar-refractivity contribution is -0.123. The fourth-order valence-corrected chi connectivity index (χ4v) is 3.42. The van der Waals surface area contributed by atoms with Crippen molar-refractivity contribution in [3.63, 3.8) is 0 Å². The van der Waals surface area contributed by atoms with Gasteiger partial charge in [-0.25, -0.2) is 9.97 Å². The molecule has 0 radical (unpaired) electrons. The van der Waals surface area contributed by atoms with Crippen molar-refractivity contribution >= 4 is 11.7 Å². The van der Waals surface area contributed by atoms with Gasteiger partial charge in [0.05, 0.1) is 6.04 Å². The SMILES string of the molecule is O=C1CC[C@@H](Nc2ccnc(Cc3ccccc3)n2)[C@H](C2CC2)N1. The Hall–Kier alpha value is -2.43. The average molecular weight is 322 g/mol. The van der Waals surface area contributed by atoms with Gasteiger partial charge in [0.2, 0.25) is 5.91 Å². The van der Waals surface area contributed by atoms with E-state index in [0.29, 0.717) is 12.3 Å². The maximum Gasteiger partial charge on any atom is 0.220 e. The lowest BCUT2D eigenvalue weighted by Gasteiger charge is -2.33. The molecule has 124 valence electrons. The summed E-state index contributed by atoms with van der Waals surface area (Å²) in [7, 11) is 0. The van der Waals surface area contributed by atoms with Gasteiger partial charge in [-0.1, -0.05) is 30.3 Å². The summed E-state index contributed by atoms with van der Waals surface area (Å²) >= 11 is 0. The van der Waals surface area contributed by atoms with Gasteiger partial charge in [0, 0.05) is 25.1 Å². The van der Waals surface area contributed by atoms with Gasteiger partial charge in [-0.15, -0.1) is 0 Å². The summed E-state index contributed by atoms with van der Waals surface area (Å²) in [6.07, 6.45) is 6.41. The first-order valence-electron chi connectivity index (χ1n) is 8.70. The predicted molar refractivity (Wildman–Crippen MR) is 92.6 cm³/mol. The fourth-order valence-electron chi connectivity index (χ4n) is 3.42. The first kappa shape index (κ1) is 15.1. The van der Waals surface area contributed by atoms with E-state index in [1.54, 1.807) is 6.20 Å². The maximum atomic E-state index is 11.7. The van der Waals surface area contributed by atoms with E-state index in [2.05, 4.69) is 32.7 Å². The van der Waals surface area contributed by atoms with Gasteiger partial charge in [0.25, 0.3) is 0 Å². The van der Waals surface area contributed by atoms with Crippen LogP contribution in [0.2, 0.25) is 0 Å². The van der Waals surface area contributed by atoms with Crippen molar-refractivity contribution in [3.8, 4) is 0 Å². The molecule has 0 spiro atoms. The van der Waals surface area contributed by atoms with Crippen LogP contribution in [0.25, 0.3) is 0 Å². The molecule has 2 fully saturated rings. The highest BCUT2D eigenvalue weighted by atomic mass is 16.1. The van der Waals surface area contributed by atoms with Crippen LogP contribution in [0.1, 0.15) is 37.1 Å². The summed E-state index contributed by atoms with van der Waals surface area (Å²) in [5.41, 5.74) is 1.20. The molecule has 1 aromatic heterocycles. The van der Waals surface area contributed by atoms with Gasteiger partial charge in [0.1, 0.15) is 11.6 Å². The number of aromatic nitrogens is 2. The van der Waals surface area contributed by atoms with E-state index in [0.717, 1.165) is 24.5 Å². The van der Waals surface area contributed by atoms with E-state index in [1.807, 2.05) is 24.3 Å². The van der Waals surface area contributed by atoms with E-state index in [1.165, 1.54) is 18.4 Å². The van der Waals surface area contributed by atoms with Crippen LogP contribution in [0.3, 0.4) is 0 Å². The molecule has 2 aromatic rings. The Balaban J connectivity index is 1.46. The van der Waals surface area contributed by atoms with Gasteiger partial charge >= 0.3 is 0 Å². The normalized spacial score (nSPS) is 23.6. The van der Waals surface area contributed by atoms with Crippen LogP contribution in [0, 0.1) is 5.92 Å². The summed E-state index contributed by atoms with van der Waals surface area (Å²) in [6, 6.07) is 12.7. The number of amides is 1. The van der Waals surface area contributed by atoms with Crippen molar-refractivity contribution in [2.75, 3.05) is 5.32 Å². The zero-order valence-electron chi connectivity index (χ0n) is 13.6. The lowest BCUT2D eigenvalue weighted by atomic mass is 9.94. The number of nitrogens with one attached hydrogen (secondary N) is 2. The molecule has 2 aliphatic rings. The lowest BCUT2D eigenvalue weighted by Crippen LogP contribution is -2.52. The van der Waals surface area contributed by atoms with Crippen molar-refractivity contribution < 1.29 is 4.79 Å². The number of carbonyl (C=O) groups is 1. The quantitative estimate of drug-likeness (QED) is 0.888. The van der Waals surface area contributed by atoms with Crippen molar-refractivity contribution in [3.05, 3.63) is 54.0 Å². The molecule has 5 nitrogen and oxygen atoms in total. The Kier molecular flexibility index (Phi) is 4.15. The number of anilines is 1. The highest BCUT2D eigenvalue weighted by Gasteiger charge is 2.40. The van der Waals surface area contributed by atoms with Crippen LogP contribution in [0.4, 0.5) is 5.82 Å². The number of piperidine rings is 1. The summed E-state index contributed by atoms with van der Waals surface area (Å²) in [4.78, 5) is 20.7. The molecule has 0 unspecified atom stereocenters. The van der Waals surface area contributed by atoms with Crippen molar-refractivity contribution in [1.82, 2.24) is 15.3 Å². The van der Waals surface area contributed by atoms with E-state index < -0.39 is 0 Å². The van der Waals surface area contributed by atoms with Gasteiger partial charge in [-0.3, -0.25) is 4.79 Å². The Bertz CT molecular complexity index is 714. The maximum absolute atomic E-state index is 11.7. The van der Waals surface area contributed by atoms with E-state index in [4.69, 9.17) is 0 Å². The molecule has 2 heterocycles. The second-order valence-electron chi connectivity index (χ2n) is 6.74. The first-order chi connectivity index (χ1) is 11.8. The first-order valence-corrected chi connectivity index (χ1v) is 8.70. The number of hydrogen-bond acceptors (Lipinski definition) is 4. The van der Waals surface area contributed by atoms with Gasteiger partial charge < -0.3 is 10.6 Å². The monoisotopic (exact) mass is 322 g/mol. The standard InChI is InChI=1S/C19H22N4O/c24-18-9-8-15(19(23-18)14-6-7-14)21-16-10-11-20-17(22-16)12-13-4-2-1-3-5-13/h1-5,10-11,14-15,19H,6-9,12H2,(H,23,24)(H,20,21,22)/t15-,19+/m1/s1. The molecule has 2 N–H and O–H groups in total. The molecule has 1 aliphatic heterocycles. The molecule has 1 amide bonds. The van der Waals surface area contributed by atoms with Crippen molar-refractivity contribution in [2.24, 2.45) is 5.92 Å². The number of hydrogen-bond donors (Lipinski definition) is 2. The minimum Gasteiger partial charge on any atom is -0.365 e. The molecular weight excluding hydrogens is 300 g/mol. The minimum absolute atomic E-state index is 0.178. The van der Waals surface area contributed by atoms with Crippen LogP contribution in [0.15, 0.2) is 42.6 Å². The molecule has 0 bridgehead atoms. The molecule has 1 aromatic carbocycles. The Labute approximate surface area is 141 Å². The third kappa shape index (κ3) is 3.55. The van der Waals surface area contributed by atoms with Crippen molar-refractivity contribution in [2.45, 2.75) is 44.2 Å². The Morgan fingerprint density at radius 2 is 1.96 bits per heavy atom. The third-order valence-corrected chi connectivity index (χ3v) is 4.82. The summed E-state index contributed by atoms with van der Waals surface area (Å²) in [6.45, 7) is 0. The van der Waals surface area contributed by atoms with Crippen LogP contribution in [0.5, 0.6) is 0 Å². The van der Waals surface area contributed by atoms with Crippen molar-refractivity contribution in [1.29, 1.82) is 0 Å². The molecule has 1 aliphatic carbocycles. The van der Waals surface area contributed by atoms with Gasteiger partial charge in [-0.05, 0) is 36.8 Å². The Morgan fingerprint density at radius 1 is 1.12 bits per heavy atom. The summed E-state index contributed by atoms with van der Waals surface area (Å²) in [5, 5.41) is 6.69. The largest absolute Gasteiger partial charge is 0.365 e. The Morgan fingerprint density at radius 3 is 2.75 bits per heavy atom. The predicted octanol–water partition coefficient (Wildman–Crippen LogP) is 2.54. The van der Waals surface area contributed by atoms with Crippen LogP contribution >= 0.6 is 0 Å². The number of rotatable bonds is 5. The molecule has 1 saturated carbocycles. The molecular formula is C19H22N4O. The molecule has 5 heteroatoms. The summed E-state index contributed by atoms with van der Waals surface area (Å²) in [5.74, 6) is 2.46. The molecule has 1 saturated heterocycles. The molecule has 24 heavy (non-hydrogen) atoms. The summed E-state index contributed by atoms with van der Waals surface area (Å²) < 4.78 is 0. The number of nitrogens with zero attached hydrogens (tertiary/aromatic N) is 2. The second-order valence-corrected chi connectivity index (χ2v) is 6.74. The van der Waals surface area contributed by atoms with E-state index in [9.17, 15) is 4.79 Å². The second kappa shape index (κ2) is 6.59. The number of carbonyl (C=O) groups excluding carboxylic acids is 1. The molecule has 4 rings (SSSR count). The fraction of sp³-hybridized carbons (Fsp3) is 0.421. The van der Waals surface area contributed by atoms with Gasteiger partial charge in [0.15, 0.2) is 0 Å². The average Bonchev–Trinajstić information content (AvgIpc) is 3.43. The smallest absolute Gasteiger partial charge is 0.220 e. The third-order valence-electron chi connectivity index (χ3n) is 4.82.